The van der Waals surface area contributed by atoms with Crippen LogP contribution in [0.4, 0.5) is 0 Å². The topological polar surface area (TPSA) is 58.6 Å². The van der Waals surface area contributed by atoms with Gasteiger partial charge in [-0.05, 0) is 12.5 Å². The standard InChI is InChI=1S/C16H22N2O3/c1-11-4-6-12(7-5-11)15-13(10-14(19)18(15)2)16(20)17-8-9-21-3/h4-7,13,15H,8-10H2,1-3H3,(H,17,20)/t13-,15+/m0/s1. The van der Waals surface area contributed by atoms with E-state index in [1.54, 1.807) is 19.1 Å². The van der Waals surface area contributed by atoms with E-state index in [0.29, 0.717) is 13.2 Å². The average Bonchev–Trinajstić information content (AvgIpc) is 2.76. The van der Waals surface area contributed by atoms with Crippen molar-refractivity contribution in [3.8, 4) is 0 Å². The minimum atomic E-state index is -0.345. The zero-order valence-electron chi connectivity index (χ0n) is 12.8. The van der Waals surface area contributed by atoms with E-state index in [-0.39, 0.29) is 30.2 Å². The van der Waals surface area contributed by atoms with Gasteiger partial charge in [0, 0.05) is 27.1 Å². The lowest BCUT2D eigenvalue weighted by Gasteiger charge is -2.25. The molecule has 1 saturated heterocycles. The van der Waals surface area contributed by atoms with Gasteiger partial charge >= 0.3 is 0 Å². The Kier molecular flexibility index (Phi) is 4.96. The molecule has 1 N–H and O–H groups in total. The van der Waals surface area contributed by atoms with Crippen molar-refractivity contribution in [2.24, 2.45) is 5.92 Å². The van der Waals surface area contributed by atoms with Gasteiger partial charge in [-0.3, -0.25) is 9.59 Å². The molecule has 2 rings (SSSR count). The lowest BCUT2D eigenvalue weighted by Crippen LogP contribution is -2.36. The Labute approximate surface area is 125 Å². The molecule has 1 heterocycles. The molecule has 0 radical (unpaired) electrons. The fourth-order valence-electron chi connectivity index (χ4n) is 2.73. The predicted molar refractivity (Wildman–Crippen MR) is 79.7 cm³/mol. The molecule has 0 aromatic heterocycles. The molecule has 1 aliphatic rings. The van der Waals surface area contributed by atoms with Gasteiger partial charge in [-0.1, -0.05) is 29.8 Å². The largest absolute Gasteiger partial charge is 0.383 e. The third-order valence-corrected chi connectivity index (χ3v) is 3.95. The summed E-state index contributed by atoms with van der Waals surface area (Å²) < 4.78 is 4.93. The number of nitrogens with one attached hydrogen (secondary N) is 1. The summed E-state index contributed by atoms with van der Waals surface area (Å²) in [5.41, 5.74) is 2.16. The molecule has 1 aliphatic heterocycles. The number of methoxy groups -OCH3 is 1. The number of amides is 2. The van der Waals surface area contributed by atoms with Crippen LogP contribution >= 0.6 is 0 Å². The van der Waals surface area contributed by atoms with Crippen molar-refractivity contribution in [2.75, 3.05) is 27.3 Å². The monoisotopic (exact) mass is 290 g/mol. The average molecular weight is 290 g/mol. The highest BCUT2D eigenvalue weighted by atomic mass is 16.5. The van der Waals surface area contributed by atoms with Crippen molar-refractivity contribution < 1.29 is 14.3 Å². The normalized spacial score (nSPS) is 21.7. The second kappa shape index (κ2) is 6.72. The summed E-state index contributed by atoms with van der Waals surface area (Å²) in [6.07, 6.45) is 0.258. The van der Waals surface area contributed by atoms with Gasteiger partial charge < -0.3 is 15.0 Å². The lowest BCUT2D eigenvalue weighted by molar-refractivity contribution is -0.128. The predicted octanol–water partition coefficient (Wildman–Crippen LogP) is 1.28. The maximum atomic E-state index is 12.3. The van der Waals surface area contributed by atoms with Crippen molar-refractivity contribution in [3.05, 3.63) is 35.4 Å². The van der Waals surface area contributed by atoms with Gasteiger partial charge in [-0.2, -0.15) is 0 Å². The van der Waals surface area contributed by atoms with Crippen LogP contribution in [0.15, 0.2) is 24.3 Å². The van der Waals surface area contributed by atoms with Crippen molar-refractivity contribution in [3.63, 3.8) is 0 Å². The van der Waals surface area contributed by atoms with Gasteiger partial charge in [0.1, 0.15) is 0 Å². The Bertz CT molecular complexity index is 513. The molecule has 1 aromatic rings. The van der Waals surface area contributed by atoms with Crippen LogP contribution in [0.3, 0.4) is 0 Å². The quantitative estimate of drug-likeness (QED) is 0.831. The molecule has 1 aromatic carbocycles. The third-order valence-electron chi connectivity index (χ3n) is 3.95. The van der Waals surface area contributed by atoms with Gasteiger partial charge in [-0.15, -0.1) is 0 Å². The first-order chi connectivity index (χ1) is 10.0. The van der Waals surface area contributed by atoms with E-state index in [1.807, 2.05) is 31.2 Å². The molecule has 0 saturated carbocycles. The summed E-state index contributed by atoms with van der Waals surface area (Å²) in [6, 6.07) is 7.80. The first-order valence-corrected chi connectivity index (χ1v) is 7.13. The fraction of sp³-hybridized carbons (Fsp3) is 0.500. The number of hydrogen-bond acceptors (Lipinski definition) is 3. The number of ether oxygens (including phenoxy) is 1. The van der Waals surface area contributed by atoms with Crippen LogP contribution in [0.25, 0.3) is 0 Å². The van der Waals surface area contributed by atoms with Gasteiger partial charge in [-0.25, -0.2) is 0 Å². The second-order valence-electron chi connectivity index (χ2n) is 5.45. The van der Waals surface area contributed by atoms with Crippen LogP contribution in [0, 0.1) is 12.8 Å². The summed E-state index contributed by atoms with van der Waals surface area (Å²) in [5, 5.41) is 2.83. The van der Waals surface area contributed by atoms with Gasteiger partial charge in [0.15, 0.2) is 0 Å². The molecule has 21 heavy (non-hydrogen) atoms. The summed E-state index contributed by atoms with van der Waals surface area (Å²) in [6.45, 7) is 2.95. The fourth-order valence-corrected chi connectivity index (χ4v) is 2.73. The Balaban J connectivity index is 2.16. The number of likely N-dealkylation sites (tertiary alicyclic amines) is 1. The molecule has 2 amide bonds. The Morgan fingerprint density at radius 2 is 2.05 bits per heavy atom. The summed E-state index contributed by atoms with van der Waals surface area (Å²) in [4.78, 5) is 26.0. The van der Waals surface area contributed by atoms with Crippen LogP contribution < -0.4 is 5.32 Å². The van der Waals surface area contributed by atoms with Crippen LogP contribution in [0.2, 0.25) is 0 Å². The number of carbonyl (C=O) groups excluding carboxylic acids is 2. The third kappa shape index (κ3) is 3.42. The molecule has 0 aliphatic carbocycles. The van der Waals surface area contributed by atoms with E-state index in [4.69, 9.17) is 4.74 Å². The summed E-state index contributed by atoms with van der Waals surface area (Å²) >= 11 is 0. The SMILES string of the molecule is COCCNC(=O)[C@H]1CC(=O)N(C)[C@@H]1c1ccc(C)cc1. The number of nitrogens with zero attached hydrogens (tertiary/aromatic N) is 1. The maximum absolute atomic E-state index is 12.3. The van der Waals surface area contributed by atoms with E-state index in [1.165, 1.54) is 0 Å². The Morgan fingerprint density at radius 1 is 1.38 bits per heavy atom. The Morgan fingerprint density at radius 3 is 2.67 bits per heavy atom. The van der Waals surface area contributed by atoms with E-state index < -0.39 is 0 Å². The van der Waals surface area contributed by atoms with E-state index in [0.717, 1.165) is 11.1 Å². The molecule has 5 nitrogen and oxygen atoms in total. The summed E-state index contributed by atoms with van der Waals surface area (Å²) in [5.74, 6) is -0.426. The first kappa shape index (κ1) is 15.5. The van der Waals surface area contributed by atoms with E-state index >= 15 is 0 Å². The smallest absolute Gasteiger partial charge is 0.226 e. The highest BCUT2D eigenvalue weighted by Gasteiger charge is 2.42. The second-order valence-corrected chi connectivity index (χ2v) is 5.45. The molecule has 1 fully saturated rings. The molecule has 0 bridgehead atoms. The minimum absolute atomic E-state index is 0.00691. The molecule has 5 heteroatoms. The van der Waals surface area contributed by atoms with Crippen LogP contribution in [-0.2, 0) is 14.3 Å². The molecular formula is C16H22N2O3. The van der Waals surface area contributed by atoms with E-state index in [2.05, 4.69) is 5.32 Å². The first-order valence-electron chi connectivity index (χ1n) is 7.13. The zero-order chi connectivity index (χ0) is 15.4. The Hall–Kier alpha value is -1.88. The van der Waals surface area contributed by atoms with Crippen LogP contribution in [0.1, 0.15) is 23.6 Å². The maximum Gasteiger partial charge on any atom is 0.226 e. The van der Waals surface area contributed by atoms with Crippen molar-refractivity contribution in [2.45, 2.75) is 19.4 Å². The molecule has 0 spiro atoms. The van der Waals surface area contributed by atoms with Crippen molar-refractivity contribution >= 4 is 11.8 Å². The van der Waals surface area contributed by atoms with Crippen molar-refractivity contribution in [1.82, 2.24) is 10.2 Å². The molecule has 114 valence electrons. The lowest BCUT2D eigenvalue weighted by atomic mass is 9.92. The van der Waals surface area contributed by atoms with Gasteiger partial charge in [0.25, 0.3) is 0 Å². The molecular weight excluding hydrogens is 268 g/mol. The molecule has 2 atom stereocenters. The number of carbonyl (C=O) groups is 2. The highest BCUT2D eigenvalue weighted by molar-refractivity contribution is 5.90. The van der Waals surface area contributed by atoms with Crippen molar-refractivity contribution in [1.29, 1.82) is 0 Å². The highest BCUT2D eigenvalue weighted by Crippen LogP contribution is 2.37. The number of hydrogen-bond donors (Lipinski definition) is 1. The van der Waals surface area contributed by atoms with Gasteiger partial charge in [0.05, 0.1) is 18.6 Å². The molecule has 0 unspecified atom stereocenters. The van der Waals surface area contributed by atoms with E-state index in [9.17, 15) is 9.59 Å². The minimum Gasteiger partial charge on any atom is -0.383 e. The van der Waals surface area contributed by atoms with Crippen LogP contribution in [0.5, 0.6) is 0 Å². The number of benzene rings is 1. The number of aryl methyl sites for hydroxylation is 1. The number of rotatable bonds is 5. The summed E-state index contributed by atoms with van der Waals surface area (Å²) in [7, 11) is 3.35. The van der Waals surface area contributed by atoms with Crippen LogP contribution in [-0.4, -0.2) is 44.0 Å². The zero-order valence-corrected chi connectivity index (χ0v) is 12.8. The van der Waals surface area contributed by atoms with Gasteiger partial charge in [0.2, 0.25) is 11.8 Å².